The average Bonchev–Trinajstić information content (AvgIpc) is 2.61. The summed E-state index contributed by atoms with van der Waals surface area (Å²) in [6.07, 6.45) is 1.54. The number of carbonyl (C=O) groups excluding carboxylic acids is 1. The van der Waals surface area contributed by atoms with E-state index in [4.69, 9.17) is 9.52 Å². The number of oxazole rings is 1. The molecule has 0 aliphatic carbocycles. The van der Waals surface area contributed by atoms with Gasteiger partial charge in [-0.05, 0) is 13.8 Å². The average molecular weight is 227 g/mol. The molecule has 88 valence electrons. The van der Waals surface area contributed by atoms with Crippen molar-refractivity contribution < 1.29 is 19.1 Å². The van der Waals surface area contributed by atoms with Crippen LogP contribution in [0.25, 0.3) is 0 Å². The Bertz CT molecular complexity index is 388. The molecule has 1 heterocycles. The molecule has 0 saturated heterocycles. The summed E-state index contributed by atoms with van der Waals surface area (Å²) in [6, 6.07) is -1.52. The molecule has 16 heavy (non-hydrogen) atoms. The molecular formula is C9H13N3O4. The minimum atomic E-state index is -1.10. The lowest BCUT2D eigenvalue weighted by Crippen LogP contribution is -2.44. The highest BCUT2D eigenvalue weighted by molar-refractivity contribution is 5.81. The van der Waals surface area contributed by atoms with Crippen molar-refractivity contribution in [1.82, 2.24) is 15.6 Å². The lowest BCUT2D eigenvalue weighted by molar-refractivity contribution is -0.138. The summed E-state index contributed by atoms with van der Waals surface area (Å²) in [7, 11) is 0. The largest absolute Gasteiger partial charge is 0.480 e. The van der Waals surface area contributed by atoms with E-state index in [0.717, 1.165) is 0 Å². The lowest BCUT2D eigenvalue weighted by Gasteiger charge is -2.09. The van der Waals surface area contributed by atoms with Crippen LogP contribution in [0.4, 0.5) is 4.79 Å². The van der Waals surface area contributed by atoms with Crippen LogP contribution in [0.5, 0.6) is 0 Å². The number of rotatable bonds is 4. The number of hydrogen-bond acceptors (Lipinski definition) is 4. The Morgan fingerprint density at radius 3 is 2.81 bits per heavy atom. The van der Waals surface area contributed by atoms with Gasteiger partial charge >= 0.3 is 12.0 Å². The lowest BCUT2D eigenvalue weighted by atomic mass is 10.3. The first-order valence-corrected chi connectivity index (χ1v) is 4.67. The summed E-state index contributed by atoms with van der Waals surface area (Å²) < 4.78 is 5.12. The van der Waals surface area contributed by atoms with Crippen LogP contribution < -0.4 is 10.6 Å². The Morgan fingerprint density at radius 2 is 2.31 bits per heavy atom. The maximum absolute atomic E-state index is 11.2. The predicted octanol–water partition coefficient (Wildman–Crippen LogP) is 0.255. The molecule has 1 rings (SSSR count). The van der Waals surface area contributed by atoms with Crippen LogP contribution in [-0.2, 0) is 11.3 Å². The third-order valence-electron chi connectivity index (χ3n) is 1.79. The van der Waals surface area contributed by atoms with E-state index in [2.05, 4.69) is 15.6 Å². The van der Waals surface area contributed by atoms with E-state index >= 15 is 0 Å². The first kappa shape index (κ1) is 12.0. The first-order valence-electron chi connectivity index (χ1n) is 4.67. The number of aromatic nitrogens is 1. The number of carboxylic acid groups (broad SMARTS) is 1. The Kier molecular flexibility index (Phi) is 3.87. The summed E-state index contributed by atoms with van der Waals surface area (Å²) in [5.41, 5.74) is 0. The second kappa shape index (κ2) is 5.15. The van der Waals surface area contributed by atoms with E-state index in [9.17, 15) is 9.59 Å². The Balaban J connectivity index is 2.33. The van der Waals surface area contributed by atoms with Crippen molar-refractivity contribution >= 4 is 12.0 Å². The summed E-state index contributed by atoms with van der Waals surface area (Å²) in [5, 5.41) is 13.2. The summed E-state index contributed by atoms with van der Waals surface area (Å²) in [5.74, 6) is -0.0751. The maximum atomic E-state index is 11.2. The van der Waals surface area contributed by atoms with E-state index in [1.807, 2.05) is 0 Å². The number of carbonyl (C=O) groups is 2. The van der Waals surface area contributed by atoms with Gasteiger partial charge in [0.05, 0.1) is 12.7 Å². The number of nitrogens with one attached hydrogen (secondary N) is 2. The Morgan fingerprint density at radius 1 is 1.62 bits per heavy atom. The van der Waals surface area contributed by atoms with Crippen molar-refractivity contribution in [3.8, 4) is 0 Å². The fourth-order valence-electron chi connectivity index (χ4n) is 0.948. The monoisotopic (exact) mass is 227 g/mol. The molecule has 0 radical (unpaired) electrons. The molecule has 0 aliphatic heterocycles. The number of aliphatic carboxylic acids is 1. The van der Waals surface area contributed by atoms with Crippen LogP contribution >= 0.6 is 0 Å². The van der Waals surface area contributed by atoms with Gasteiger partial charge in [-0.2, -0.15) is 0 Å². The first-order chi connectivity index (χ1) is 7.49. The molecule has 0 aromatic carbocycles. The van der Waals surface area contributed by atoms with Gasteiger partial charge in [-0.15, -0.1) is 0 Å². The van der Waals surface area contributed by atoms with Crippen molar-refractivity contribution in [2.75, 3.05) is 0 Å². The smallest absolute Gasteiger partial charge is 0.325 e. The minimum absolute atomic E-state index is 0.117. The number of hydrogen-bond donors (Lipinski definition) is 3. The van der Waals surface area contributed by atoms with E-state index in [-0.39, 0.29) is 6.54 Å². The van der Waals surface area contributed by atoms with Crippen molar-refractivity contribution in [3.05, 3.63) is 17.8 Å². The molecule has 0 saturated carbocycles. The Labute approximate surface area is 91.9 Å². The standard InChI is InChI=1S/C9H13N3O4/c1-5-3-10-7(16-5)4-11-9(15)12-6(2)8(13)14/h3,6H,4H2,1-2H3,(H,13,14)(H2,11,12,15)/t6-/m1/s1. The van der Waals surface area contributed by atoms with E-state index in [0.29, 0.717) is 11.7 Å². The molecule has 1 aromatic rings. The number of aryl methyl sites for hydroxylation is 1. The molecule has 0 bridgehead atoms. The number of nitrogens with zero attached hydrogens (tertiary/aromatic N) is 1. The van der Waals surface area contributed by atoms with Gasteiger partial charge in [-0.1, -0.05) is 0 Å². The van der Waals surface area contributed by atoms with E-state index in [1.165, 1.54) is 13.1 Å². The molecule has 1 atom stereocenters. The van der Waals surface area contributed by atoms with Gasteiger partial charge in [0.2, 0.25) is 5.89 Å². The highest BCUT2D eigenvalue weighted by Crippen LogP contribution is 2.00. The van der Waals surface area contributed by atoms with Crippen LogP contribution in [0.3, 0.4) is 0 Å². The van der Waals surface area contributed by atoms with Crippen LogP contribution in [0.2, 0.25) is 0 Å². The third kappa shape index (κ3) is 3.60. The minimum Gasteiger partial charge on any atom is -0.480 e. The molecule has 0 aliphatic rings. The fraction of sp³-hybridized carbons (Fsp3) is 0.444. The number of urea groups is 1. The van der Waals surface area contributed by atoms with Gasteiger partial charge < -0.3 is 20.2 Å². The molecule has 7 nitrogen and oxygen atoms in total. The zero-order valence-corrected chi connectivity index (χ0v) is 8.98. The molecule has 0 spiro atoms. The highest BCUT2D eigenvalue weighted by atomic mass is 16.4. The second-order valence-corrected chi connectivity index (χ2v) is 3.25. The molecule has 3 N–H and O–H groups in total. The van der Waals surface area contributed by atoms with Crippen molar-refractivity contribution in [2.45, 2.75) is 26.4 Å². The third-order valence-corrected chi connectivity index (χ3v) is 1.79. The zero-order chi connectivity index (χ0) is 12.1. The van der Waals surface area contributed by atoms with Crippen LogP contribution in [0.15, 0.2) is 10.6 Å². The van der Waals surface area contributed by atoms with Crippen molar-refractivity contribution in [2.24, 2.45) is 0 Å². The summed E-state index contributed by atoms with van der Waals surface area (Å²) in [4.78, 5) is 25.5. The topological polar surface area (TPSA) is 104 Å². The Hall–Kier alpha value is -2.05. The van der Waals surface area contributed by atoms with Gasteiger partial charge in [0.1, 0.15) is 11.8 Å². The van der Waals surface area contributed by atoms with E-state index in [1.54, 1.807) is 6.92 Å². The van der Waals surface area contributed by atoms with Crippen LogP contribution in [0.1, 0.15) is 18.6 Å². The van der Waals surface area contributed by atoms with Crippen molar-refractivity contribution in [3.63, 3.8) is 0 Å². The van der Waals surface area contributed by atoms with Crippen LogP contribution in [0, 0.1) is 6.92 Å². The zero-order valence-electron chi connectivity index (χ0n) is 8.98. The number of carboxylic acids is 1. The van der Waals surface area contributed by atoms with Gasteiger partial charge in [-0.25, -0.2) is 9.78 Å². The molecule has 0 fully saturated rings. The van der Waals surface area contributed by atoms with Crippen molar-refractivity contribution in [1.29, 1.82) is 0 Å². The van der Waals surface area contributed by atoms with Crippen LogP contribution in [-0.4, -0.2) is 28.1 Å². The fourth-order valence-corrected chi connectivity index (χ4v) is 0.948. The molecule has 1 aromatic heterocycles. The molecule has 2 amide bonds. The normalized spacial score (nSPS) is 11.9. The quantitative estimate of drug-likeness (QED) is 0.684. The second-order valence-electron chi connectivity index (χ2n) is 3.25. The molecule has 7 heteroatoms. The molecular weight excluding hydrogens is 214 g/mol. The maximum Gasteiger partial charge on any atom is 0.325 e. The SMILES string of the molecule is Cc1cnc(CNC(=O)N[C@H](C)C(=O)O)o1. The van der Waals surface area contributed by atoms with Gasteiger partial charge in [0.15, 0.2) is 0 Å². The van der Waals surface area contributed by atoms with Gasteiger partial charge in [0.25, 0.3) is 0 Å². The highest BCUT2D eigenvalue weighted by Gasteiger charge is 2.13. The molecule has 0 unspecified atom stereocenters. The van der Waals surface area contributed by atoms with E-state index < -0.39 is 18.0 Å². The number of amides is 2. The predicted molar refractivity (Wildman–Crippen MR) is 53.7 cm³/mol. The summed E-state index contributed by atoms with van der Waals surface area (Å²) in [6.45, 7) is 3.23. The van der Waals surface area contributed by atoms with Gasteiger partial charge in [0, 0.05) is 0 Å². The van der Waals surface area contributed by atoms with Gasteiger partial charge in [-0.3, -0.25) is 4.79 Å². The summed E-state index contributed by atoms with van der Waals surface area (Å²) >= 11 is 0.